The summed E-state index contributed by atoms with van der Waals surface area (Å²) in [6.45, 7) is 0. The van der Waals surface area contributed by atoms with Crippen LogP contribution in [0.5, 0.6) is 0 Å². The molecule has 0 saturated carbocycles. The van der Waals surface area contributed by atoms with Gasteiger partial charge in [0.1, 0.15) is 11.5 Å². The van der Waals surface area contributed by atoms with Gasteiger partial charge in [-0.1, -0.05) is 29.8 Å². The summed E-state index contributed by atoms with van der Waals surface area (Å²) in [7, 11) is 0. The Morgan fingerprint density at radius 1 is 0.905 bits per heavy atom. The van der Waals surface area contributed by atoms with Gasteiger partial charge < -0.3 is 4.42 Å². The summed E-state index contributed by atoms with van der Waals surface area (Å²) < 4.78 is 5.72. The Kier molecular flexibility index (Phi) is 4.03. The Hall–Kier alpha value is -2.52. The summed E-state index contributed by atoms with van der Waals surface area (Å²) in [4.78, 5) is 0. The number of rotatable bonds is 4. The van der Waals surface area contributed by atoms with Crippen LogP contribution in [0.25, 0.3) is 11.3 Å². The van der Waals surface area contributed by atoms with E-state index in [1.807, 2.05) is 66.7 Å². The van der Waals surface area contributed by atoms with Gasteiger partial charge in [0, 0.05) is 10.6 Å². The maximum atomic E-state index is 5.87. The fraction of sp³-hybridized carbons (Fsp3) is 0. The van der Waals surface area contributed by atoms with Gasteiger partial charge in [0.2, 0.25) is 0 Å². The molecule has 0 amide bonds. The standard InChI is InChI=1S/C17H13ClN2O/c18-14-8-6-13(7-9-14)17-11-10-16(21-17)12-19-20-15-4-2-1-3-5-15/h1-12,20H/b19-12+. The maximum absolute atomic E-state index is 5.87. The van der Waals surface area contributed by atoms with E-state index in [4.69, 9.17) is 16.0 Å². The van der Waals surface area contributed by atoms with E-state index in [0.717, 1.165) is 17.0 Å². The van der Waals surface area contributed by atoms with E-state index in [-0.39, 0.29) is 0 Å². The average Bonchev–Trinajstić information content (AvgIpc) is 2.98. The second kappa shape index (κ2) is 6.29. The summed E-state index contributed by atoms with van der Waals surface area (Å²) >= 11 is 5.87. The summed E-state index contributed by atoms with van der Waals surface area (Å²) in [5.74, 6) is 1.47. The third kappa shape index (κ3) is 3.52. The largest absolute Gasteiger partial charge is 0.455 e. The summed E-state index contributed by atoms with van der Waals surface area (Å²) in [6.07, 6.45) is 1.65. The molecule has 0 aliphatic carbocycles. The lowest BCUT2D eigenvalue weighted by molar-refractivity contribution is 0.575. The summed E-state index contributed by atoms with van der Waals surface area (Å²) in [6, 6.07) is 21.0. The molecule has 104 valence electrons. The molecule has 0 fully saturated rings. The van der Waals surface area contributed by atoms with Crippen molar-refractivity contribution < 1.29 is 4.42 Å². The third-order valence-electron chi connectivity index (χ3n) is 2.91. The number of nitrogens with one attached hydrogen (secondary N) is 1. The molecular formula is C17H13ClN2O. The quantitative estimate of drug-likeness (QED) is 0.540. The molecule has 1 heterocycles. The van der Waals surface area contributed by atoms with E-state index >= 15 is 0 Å². The minimum Gasteiger partial charge on any atom is -0.455 e. The number of hydrazone groups is 1. The fourth-order valence-corrected chi connectivity index (χ4v) is 2.00. The number of benzene rings is 2. The second-order valence-electron chi connectivity index (χ2n) is 4.44. The van der Waals surface area contributed by atoms with Crippen LogP contribution < -0.4 is 5.43 Å². The molecule has 0 bridgehead atoms. The summed E-state index contributed by atoms with van der Waals surface area (Å²) in [5.41, 5.74) is 4.85. The van der Waals surface area contributed by atoms with Gasteiger partial charge in [0.05, 0.1) is 11.9 Å². The number of hydrogen-bond donors (Lipinski definition) is 1. The van der Waals surface area contributed by atoms with Crippen LogP contribution in [0.2, 0.25) is 5.02 Å². The predicted molar refractivity (Wildman–Crippen MR) is 86.8 cm³/mol. The molecule has 4 heteroatoms. The fourth-order valence-electron chi connectivity index (χ4n) is 1.87. The first-order chi connectivity index (χ1) is 10.3. The van der Waals surface area contributed by atoms with Gasteiger partial charge in [-0.3, -0.25) is 5.43 Å². The Labute approximate surface area is 127 Å². The number of para-hydroxylation sites is 1. The number of halogens is 1. The van der Waals surface area contributed by atoms with Gasteiger partial charge >= 0.3 is 0 Å². The zero-order chi connectivity index (χ0) is 14.5. The van der Waals surface area contributed by atoms with Gasteiger partial charge in [0.25, 0.3) is 0 Å². The van der Waals surface area contributed by atoms with Gasteiger partial charge in [-0.15, -0.1) is 0 Å². The highest BCUT2D eigenvalue weighted by Crippen LogP contribution is 2.23. The molecule has 2 aromatic carbocycles. The van der Waals surface area contributed by atoms with Gasteiger partial charge in [-0.2, -0.15) is 5.10 Å². The van der Waals surface area contributed by atoms with E-state index in [1.165, 1.54) is 0 Å². The lowest BCUT2D eigenvalue weighted by atomic mass is 10.2. The second-order valence-corrected chi connectivity index (χ2v) is 4.88. The molecule has 0 saturated heterocycles. The highest BCUT2D eigenvalue weighted by Gasteiger charge is 2.03. The van der Waals surface area contributed by atoms with Crippen molar-refractivity contribution in [3.8, 4) is 11.3 Å². The Bertz CT molecular complexity index is 733. The molecule has 1 aromatic heterocycles. The molecule has 0 aliphatic heterocycles. The van der Waals surface area contributed by atoms with Crippen LogP contribution in [0, 0.1) is 0 Å². The van der Waals surface area contributed by atoms with Crippen molar-refractivity contribution in [3.05, 3.63) is 77.5 Å². The van der Waals surface area contributed by atoms with Crippen LogP contribution in [0.15, 0.2) is 76.2 Å². The molecule has 3 rings (SSSR count). The molecular weight excluding hydrogens is 284 g/mol. The molecule has 0 radical (unpaired) electrons. The smallest absolute Gasteiger partial charge is 0.147 e. The molecule has 3 aromatic rings. The van der Waals surface area contributed by atoms with Gasteiger partial charge in [-0.05, 0) is 48.5 Å². The first-order valence-electron chi connectivity index (χ1n) is 6.51. The van der Waals surface area contributed by atoms with E-state index < -0.39 is 0 Å². The number of nitrogens with zero attached hydrogens (tertiary/aromatic N) is 1. The van der Waals surface area contributed by atoms with Crippen molar-refractivity contribution in [2.45, 2.75) is 0 Å². The lowest BCUT2D eigenvalue weighted by Crippen LogP contribution is -1.88. The molecule has 0 aliphatic rings. The van der Waals surface area contributed by atoms with Crippen molar-refractivity contribution in [1.82, 2.24) is 0 Å². The van der Waals surface area contributed by atoms with E-state index in [2.05, 4.69) is 10.5 Å². The number of furan rings is 1. The van der Waals surface area contributed by atoms with Crippen LogP contribution in [0.3, 0.4) is 0 Å². The van der Waals surface area contributed by atoms with Crippen molar-refractivity contribution in [2.24, 2.45) is 5.10 Å². The topological polar surface area (TPSA) is 37.5 Å². The Balaban J connectivity index is 1.69. The maximum Gasteiger partial charge on any atom is 0.147 e. The highest BCUT2D eigenvalue weighted by atomic mass is 35.5. The lowest BCUT2D eigenvalue weighted by Gasteiger charge is -1.98. The Morgan fingerprint density at radius 2 is 1.67 bits per heavy atom. The first kappa shape index (κ1) is 13.5. The number of anilines is 1. The van der Waals surface area contributed by atoms with Crippen molar-refractivity contribution >= 4 is 23.5 Å². The molecule has 0 unspecified atom stereocenters. The van der Waals surface area contributed by atoms with Crippen LogP contribution >= 0.6 is 11.6 Å². The summed E-state index contributed by atoms with van der Waals surface area (Å²) in [5, 5.41) is 4.85. The zero-order valence-corrected chi connectivity index (χ0v) is 11.9. The molecule has 21 heavy (non-hydrogen) atoms. The third-order valence-corrected chi connectivity index (χ3v) is 3.17. The molecule has 3 nitrogen and oxygen atoms in total. The predicted octanol–water partition coefficient (Wildman–Crippen LogP) is 5.05. The van der Waals surface area contributed by atoms with E-state index in [1.54, 1.807) is 6.21 Å². The van der Waals surface area contributed by atoms with Crippen LogP contribution in [0.1, 0.15) is 5.76 Å². The zero-order valence-electron chi connectivity index (χ0n) is 11.2. The van der Waals surface area contributed by atoms with Crippen molar-refractivity contribution in [3.63, 3.8) is 0 Å². The van der Waals surface area contributed by atoms with Crippen LogP contribution in [0.4, 0.5) is 5.69 Å². The first-order valence-corrected chi connectivity index (χ1v) is 6.89. The molecule has 0 spiro atoms. The minimum absolute atomic E-state index is 0.684. The van der Waals surface area contributed by atoms with Crippen molar-refractivity contribution in [2.75, 3.05) is 5.43 Å². The van der Waals surface area contributed by atoms with Gasteiger partial charge in [-0.25, -0.2) is 0 Å². The normalized spacial score (nSPS) is 10.9. The SMILES string of the molecule is Clc1ccc(-c2ccc(/C=N/Nc3ccccc3)o2)cc1. The molecule has 0 atom stereocenters. The van der Waals surface area contributed by atoms with E-state index in [0.29, 0.717) is 10.8 Å². The Morgan fingerprint density at radius 3 is 2.43 bits per heavy atom. The van der Waals surface area contributed by atoms with E-state index in [9.17, 15) is 0 Å². The van der Waals surface area contributed by atoms with Crippen LogP contribution in [-0.4, -0.2) is 6.21 Å². The number of hydrogen-bond acceptors (Lipinski definition) is 3. The average molecular weight is 297 g/mol. The van der Waals surface area contributed by atoms with Crippen molar-refractivity contribution in [1.29, 1.82) is 0 Å². The highest BCUT2D eigenvalue weighted by molar-refractivity contribution is 6.30. The molecule has 1 N–H and O–H groups in total. The minimum atomic E-state index is 0.684. The van der Waals surface area contributed by atoms with Crippen LogP contribution in [-0.2, 0) is 0 Å². The monoisotopic (exact) mass is 296 g/mol. The van der Waals surface area contributed by atoms with Gasteiger partial charge in [0.15, 0.2) is 0 Å².